The Morgan fingerprint density at radius 1 is 1.29 bits per heavy atom. The molecule has 2 aliphatic carbocycles. The van der Waals surface area contributed by atoms with Gasteiger partial charge in [0.25, 0.3) is 5.91 Å². The van der Waals surface area contributed by atoms with Crippen molar-refractivity contribution in [3.8, 4) is 0 Å². The highest BCUT2D eigenvalue weighted by molar-refractivity contribution is 6.30. The fourth-order valence-corrected chi connectivity index (χ4v) is 3.02. The number of hydrogen-bond donors (Lipinski definition) is 1. The molecular weight excluding hydrogens is 234 g/mol. The van der Waals surface area contributed by atoms with Gasteiger partial charge in [-0.3, -0.25) is 4.79 Å². The summed E-state index contributed by atoms with van der Waals surface area (Å²) in [5, 5.41) is 3.71. The van der Waals surface area contributed by atoms with E-state index >= 15 is 0 Å². The standard InChI is InChI=1S/C14H14ClNO/c15-12-3-1-2-11(8-12)14(17)16-13-7-9-4-5-10(13)6-9/h1-5,8-10,13H,6-7H2,(H,16,17). The second-order valence-electron chi connectivity index (χ2n) is 4.87. The summed E-state index contributed by atoms with van der Waals surface area (Å²) in [6, 6.07) is 7.39. The fourth-order valence-electron chi connectivity index (χ4n) is 2.83. The summed E-state index contributed by atoms with van der Waals surface area (Å²) in [6.45, 7) is 0. The lowest BCUT2D eigenvalue weighted by Crippen LogP contribution is -2.37. The summed E-state index contributed by atoms with van der Waals surface area (Å²) in [6.07, 6.45) is 6.78. The van der Waals surface area contributed by atoms with Crippen molar-refractivity contribution in [3.05, 3.63) is 47.0 Å². The van der Waals surface area contributed by atoms with Gasteiger partial charge in [-0.1, -0.05) is 29.8 Å². The highest BCUT2D eigenvalue weighted by atomic mass is 35.5. The van der Waals surface area contributed by atoms with Crippen molar-refractivity contribution >= 4 is 17.5 Å². The van der Waals surface area contributed by atoms with Crippen LogP contribution in [0.3, 0.4) is 0 Å². The van der Waals surface area contributed by atoms with Crippen molar-refractivity contribution in [2.24, 2.45) is 11.8 Å². The van der Waals surface area contributed by atoms with Gasteiger partial charge in [-0.05, 0) is 42.9 Å². The molecule has 3 unspecified atom stereocenters. The van der Waals surface area contributed by atoms with Crippen LogP contribution in [-0.4, -0.2) is 11.9 Å². The second kappa shape index (κ2) is 4.19. The van der Waals surface area contributed by atoms with Gasteiger partial charge in [-0.2, -0.15) is 0 Å². The van der Waals surface area contributed by atoms with Gasteiger partial charge in [0, 0.05) is 16.6 Å². The molecule has 0 aromatic heterocycles. The molecule has 2 nitrogen and oxygen atoms in total. The van der Waals surface area contributed by atoms with Crippen molar-refractivity contribution in [2.45, 2.75) is 18.9 Å². The van der Waals surface area contributed by atoms with Gasteiger partial charge in [0.05, 0.1) is 0 Å². The summed E-state index contributed by atoms with van der Waals surface area (Å²) in [7, 11) is 0. The van der Waals surface area contributed by atoms with Gasteiger partial charge in [-0.25, -0.2) is 0 Å². The fraction of sp³-hybridized carbons (Fsp3) is 0.357. The number of nitrogens with one attached hydrogen (secondary N) is 1. The predicted octanol–water partition coefficient (Wildman–Crippen LogP) is 3.03. The quantitative estimate of drug-likeness (QED) is 0.800. The van der Waals surface area contributed by atoms with Crippen LogP contribution in [0.4, 0.5) is 0 Å². The number of amides is 1. The smallest absolute Gasteiger partial charge is 0.251 e. The third kappa shape index (κ3) is 2.09. The minimum atomic E-state index is -0.0153. The van der Waals surface area contributed by atoms with E-state index in [1.807, 2.05) is 0 Å². The largest absolute Gasteiger partial charge is 0.349 e. The molecule has 1 aromatic carbocycles. The molecule has 88 valence electrons. The topological polar surface area (TPSA) is 29.1 Å². The van der Waals surface area contributed by atoms with Crippen molar-refractivity contribution < 1.29 is 4.79 Å². The molecule has 1 N–H and O–H groups in total. The molecule has 2 aliphatic rings. The van der Waals surface area contributed by atoms with Gasteiger partial charge >= 0.3 is 0 Å². The number of carbonyl (C=O) groups excluding carboxylic acids is 1. The van der Waals surface area contributed by atoms with Crippen LogP contribution in [0.25, 0.3) is 0 Å². The maximum atomic E-state index is 12.0. The molecule has 0 spiro atoms. The van der Waals surface area contributed by atoms with E-state index in [-0.39, 0.29) is 5.91 Å². The van der Waals surface area contributed by atoms with Gasteiger partial charge in [0.1, 0.15) is 0 Å². The van der Waals surface area contributed by atoms with E-state index in [0.29, 0.717) is 28.5 Å². The summed E-state index contributed by atoms with van der Waals surface area (Å²) in [5.74, 6) is 1.19. The Labute approximate surface area is 106 Å². The molecule has 3 heteroatoms. The molecule has 3 rings (SSSR count). The SMILES string of the molecule is O=C(NC1CC2C=CC1C2)c1cccc(Cl)c1. The summed E-state index contributed by atoms with van der Waals surface area (Å²) in [4.78, 5) is 12.0. The lowest BCUT2D eigenvalue weighted by molar-refractivity contribution is 0.0931. The maximum Gasteiger partial charge on any atom is 0.251 e. The summed E-state index contributed by atoms with van der Waals surface area (Å²) >= 11 is 5.88. The first-order valence-corrected chi connectivity index (χ1v) is 6.35. The lowest BCUT2D eigenvalue weighted by Gasteiger charge is -2.19. The molecule has 1 saturated carbocycles. The third-order valence-corrected chi connectivity index (χ3v) is 3.92. The molecule has 1 fully saturated rings. The molecular formula is C14H14ClNO. The van der Waals surface area contributed by atoms with Crippen molar-refractivity contribution in [2.75, 3.05) is 0 Å². The molecule has 0 saturated heterocycles. The Kier molecular flexibility index (Phi) is 2.67. The number of allylic oxidation sites excluding steroid dienone is 1. The number of rotatable bonds is 2. The molecule has 3 atom stereocenters. The van der Waals surface area contributed by atoms with E-state index in [0.717, 1.165) is 6.42 Å². The Hall–Kier alpha value is -1.28. The molecule has 0 aliphatic heterocycles. The van der Waals surface area contributed by atoms with Gasteiger partial charge in [0.2, 0.25) is 0 Å². The Morgan fingerprint density at radius 3 is 2.82 bits per heavy atom. The highest BCUT2D eigenvalue weighted by Gasteiger charge is 2.36. The van der Waals surface area contributed by atoms with E-state index in [2.05, 4.69) is 17.5 Å². The van der Waals surface area contributed by atoms with Crippen LogP contribution >= 0.6 is 11.6 Å². The van der Waals surface area contributed by atoms with E-state index in [4.69, 9.17) is 11.6 Å². The molecule has 0 radical (unpaired) electrons. The predicted molar refractivity (Wildman–Crippen MR) is 68.1 cm³/mol. The highest BCUT2D eigenvalue weighted by Crippen LogP contribution is 2.39. The first kappa shape index (κ1) is 10.8. The van der Waals surface area contributed by atoms with E-state index < -0.39 is 0 Å². The lowest BCUT2D eigenvalue weighted by atomic mass is 10.0. The Bertz CT molecular complexity index is 483. The van der Waals surface area contributed by atoms with Crippen LogP contribution in [0.2, 0.25) is 5.02 Å². The maximum absolute atomic E-state index is 12.0. The molecule has 0 heterocycles. The van der Waals surface area contributed by atoms with Crippen molar-refractivity contribution in [1.82, 2.24) is 5.32 Å². The summed E-state index contributed by atoms with van der Waals surface area (Å²) in [5.41, 5.74) is 0.643. The van der Waals surface area contributed by atoms with E-state index in [9.17, 15) is 4.79 Å². The minimum Gasteiger partial charge on any atom is -0.349 e. The summed E-state index contributed by atoms with van der Waals surface area (Å²) < 4.78 is 0. The van der Waals surface area contributed by atoms with Crippen LogP contribution in [0.15, 0.2) is 36.4 Å². The van der Waals surface area contributed by atoms with Crippen LogP contribution in [-0.2, 0) is 0 Å². The van der Waals surface area contributed by atoms with Crippen LogP contribution in [0, 0.1) is 11.8 Å². The molecule has 17 heavy (non-hydrogen) atoms. The van der Waals surface area contributed by atoms with E-state index in [1.165, 1.54) is 6.42 Å². The van der Waals surface area contributed by atoms with Crippen molar-refractivity contribution in [3.63, 3.8) is 0 Å². The van der Waals surface area contributed by atoms with Crippen molar-refractivity contribution in [1.29, 1.82) is 0 Å². The van der Waals surface area contributed by atoms with Gasteiger partial charge in [-0.15, -0.1) is 0 Å². The molecule has 1 aromatic rings. The average molecular weight is 248 g/mol. The van der Waals surface area contributed by atoms with Crippen LogP contribution in [0.1, 0.15) is 23.2 Å². The first-order chi connectivity index (χ1) is 8.22. The number of halogens is 1. The number of carbonyl (C=O) groups is 1. The van der Waals surface area contributed by atoms with Crippen LogP contribution < -0.4 is 5.32 Å². The zero-order valence-electron chi connectivity index (χ0n) is 9.40. The zero-order valence-corrected chi connectivity index (χ0v) is 10.2. The Balaban J connectivity index is 1.70. The van der Waals surface area contributed by atoms with Gasteiger partial charge < -0.3 is 5.32 Å². The third-order valence-electron chi connectivity index (χ3n) is 3.68. The molecule has 2 bridgehead atoms. The Morgan fingerprint density at radius 2 is 2.18 bits per heavy atom. The average Bonchev–Trinajstić information content (AvgIpc) is 2.91. The van der Waals surface area contributed by atoms with Crippen LogP contribution in [0.5, 0.6) is 0 Å². The van der Waals surface area contributed by atoms with E-state index in [1.54, 1.807) is 24.3 Å². The number of hydrogen-bond acceptors (Lipinski definition) is 1. The molecule has 1 amide bonds. The minimum absolute atomic E-state index is 0.0153. The number of fused-ring (bicyclic) bond motifs is 2. The monoisotopic (exact) mass is 247 g/mol. The second-order valence-corrected chi connectivity index (χ2v) is 5.31. The number of benzene rings is 1. The van der Waals surface area contributed by atoms with Gasteiger partial charge in [0.15, 0.2) is 0 Å². The zero-order chi connectivity index (χ0) is 11.8. The first-order valence-electron chi connectivity index (χ1n) is 5.97. The normalized spacial score (nSPS) is 29.6.